The quantitative estimate of drug-likeness (QED) is 0.837. The van der Waals surface area contributed by atoms with Gasteiger partial charge in [0, 0.05) is 30.9 Å². The predicted molar refractivity (Wildman–Crippen MR) is 86.8 cm³/mol. The number of amides is 1. The molecule has 1 aromatic rings. The number of nitrogens with zero attached hydrogens (tertiary/aromatic N) is 2. The van der Waals surface area contributed by atoms with Crippen molar-refractivity contribution in [3.8, 4) is 0 Å². The molecule has 0 unspecified atom stereocenters. The standard InChI is InChI=1S/C17H27N3O/c1-3-11-20(12-4-2)16-13-14(9-10-18-16)17(21)19-15-7-5-6-8-15/h9-10,13,15H,3-8,11-12H2,1-2H3,(H,19,21). The fourth-order valence-electron chi connectivity index (χ4n) is 2.95. The summed E-state index contributed by atoms with van der Waals surface area (Å²) in [6.07, 6.45) is 8.60. The third kappa shape index (κ3) is 4.45. The van der Waals surface area contributed by atoms with E-state index in [1.807, 2.05) is 12.1 Å². The van der Waals surface area contributed by atoms with Gasteiger partial charge in [-0.25, -0.2) is 4.98 Å². The molecule has 0 saturated heterocycles. The van der Waals surface area contributed by atoms with Crippen LogP contribution in [0.5, 0.6) is 0 Å². The van der Waals surface area contributed by atoms with E-state index in [0.29, 0.717) is 6.04 Å². The number of carbonyl (C=O) groups excluding carboxylic acids is 1. The van der Waals surface area contributed by atoms with E-state index in [2.05, 4.69) is 29.0 Å². The van der Waals surface area contributed by atoms with E-state index in [1.54, 1.807) is 6.20 Å². The Balaban J connectivity index is 2.06. The minimum absolute atomic E-state index is 0.0403. The van der Waals surface area contributed by atoms with E-state index in [-0.39, 0.29) is 5.91 Å². The first kappa shape index (κ1) is 15.8. The molecule has 1 amide bonds. The molecule has 1 N–H and O–H groups in total. The van der Waals surface area contributed by atoms with Gasteiger partial charge in [0.15, 0.2) is 0 Å². The molecular weight excluding hydrogens is 262 g/mol. The fourth-order valence-corrected chi connectivity index (χ4v) is 2.95. The Labute approximate surface area is 127 Å². The van der Waals surface area contributed by atoms with Gasteiger partial charge in [-0.2, -0.15) is 0 Å². The highest BCUT2D eigenvalue weighted by molar-refractivity contribution is 5.95. The van der Waals surface area contributed by atoms with Gasteiger partial charge in [-0.1, -0.05) is 26.7 Å². The molecule has 1 aliphatic rings. The highest BCUT2D eigenvalue weighted by atomic mass is 16.1. The molecule has 4 heteroatoms. The van der Waals surface area contributed by atoms with Gasteiger partial charge >= 0.3 is 0 Å². The molecule has 0 radical (unpaired) electrons. The van der Waals surface area contributed by atoms with Crippen LogP contribution in [-0.2, 0) is 0 Å². The maximum Gasteiger partial charge on any atom is 0.251 e. The van der Waals surface area contributed by atoms with E-state index >= 15 is 0 Å². The van der Waals surface area contributed by atoms with Gasteiger partial charge in [-0.15, -0.1) is 0 Å². The second-order valence-corrected chi connectivity index (χ2v) is 5.84. The Bertz CT molecular complexity index is 449. The fraction of sp³-hybridized carbons (Fsp3) is 0.647. The molecule has 0 aliphatic heterocycles. The average molecular weight is 289 g/mol. The Morgan fingerprint density at radius 3 is 2.57 bits per heavy atom. The van der Waals surface area contributed by atoms with Crippen LogP contribution in [0.3, 0.4) is 0 Å². The average Bonchev–Trinajstić information content (AvgIpc) is 3.00. The van der Waals surface area contributed by atoms with Crippen LogP contribution in [0, 0.1) is 0 Å². The smallest absolute Gasteiger partial charge is 0.251 e. The van der Waals surface area contributed by atoms with Gasteiger partial charge in [0.1, 0.15) is 5.82 Å². The first-order valence-corrected chi connectivity index (χ1v) is 8.26. The molecule has 0 atom stereocenters. The van der Waals surface area contributed by atoms with Crippen molar-refractivity contribution < 1.29 is 4.79 Å². The van der Waals surface area contributed by atoms with Crippen LogP contribution >= 0.6 is 0 Å². The minimum Gasteiger partial charge on any atom is -0.357 e. The Morgan fingerprint density at radius 2 is 1.95 bits per heavy atom. The molecule has 0 aromatic carbocycles. The molecule has 21 heavy (non-hydrogen) atoms. The zero-order chi connectivity index (χ0) is 15.1. The van der Waals surface area contributed by atoms with E-state index in [9.17, 15) is 4.79 Å². The summed E-state index contributed by atoms with van der Waals surface area (Å²) in [5.74, 6) is 0.955. The lowest BCUT2D eigenvalue weighted by atomic mass is 10.2. The summed E-state index contributed by atoms with van der Waals surface area (Å²) in [6, 6.07) is 4.09. The van der Waals surface area contributed by atoms with Crippen molar-refractivity contribution >= 4 is 11.7 Å². The first-order chi connectivity index (χ1) is 10.2. The highest BCUT2D eigenvalue weighted by Gasteiger charge is 2.18. The lowest BCUT2D eigenvalue weighted by molar-refractivity contribution is 0.0938. The number of hydrogen-bond donors (Lipinski definition) is 1. The molecule has 1 aromatic heterocycles. The van der Waals surface area contributed by atoms with Crippen LogP contribution in [0.1, 0.15) is 62.7 Å². The molecule has 4 nitrogen and oxygen atoms in total. The van der Waals surface area contributed by atoms with E-state index in [0.717, 1.165) is 50.2 Å². The normalized spacial score (nSPS) is 15.1. The molecule has 0 spiro atoms. The summed E-state index contributed by atoms with van der Waals surface area (Å²) in [6.45, 7) is 6.29. The number of rotatable bonds is 7. The maximum absolute atomic E-state index is 12.3. The van der Waals surface area contributed by atoms with E-state index in [4.69, 9.17) is 0 Å². The minimum atomic E-state index is 0.0403. The Kier molecular flexibility index (Phi) is 6.03. The number of hydrogen-bond acceptors (Lipinski definition) is 3. The number of nitrogens with one attached hydrogen (secondary N) is 1. The summed E-state index contributed by atoms with van der Waals surface area (Å²) >= 11 is 0. The van der Waals surface area contributed by atoms with Crippen molar-refractivity contribution in [2.45, 2.75) is 58.4 Å². The van der Waals surface area contributed by atoms with E-state index in [1.165, 1.54) is 12.8 Å². The zero-order valence-electron chi connectivity index (χ0n) is 13.3. The van der Waals surface area contributed by atoms with Crippen LogP contribution < -0.4 is 10.2 Å². The van der Waals surface area contributed by atoms with Crippen LogP contribution in [0.4, 0.5) is 5.82 Å². The lowest BCUT2D eigenvalue weighted by Gasteiger charge is -2.23. The van der Waals surface area contributed by atoms with Crippen LogP contribution in [0.15, 0.2) is 18.3 Å². The van der Waals surface area contributed by atoms with Crippen molar-refractivity contribution in [3.05, 3.63) is 23.9 Å². The zero-order valence-corrected chi connectivity index (χ0v) is 13.3. The summed E-state index contributed by atoms with van der Waals surface area (Å²) in [7, 11) is 0. The van der Waals surface area contributed by atoms with Crippen molar-refractivity contribution in [1.82, 2.24) is 10.3 Å². The Morgan fingerprint density at radius 1 is 1.29 bits per heavy atom. The Hall–Kier alpha value is -1.58. The largest absolute Gasteiger partial charge is 0.357 e. The number of anilines is 1. The number of pyridine rings is 1. The monoisotopic (exact) mass is 289 g/mol. The molecule has 116 valence electrons. The second-order valence-electron chi connectivity index (χ2n) is 5.84. The summed E-state index contributed by atoms with van der Waals surface area (Å²) in [5.41, 5.74) is 0.726. The van der Waals surface area contributed by atoms with Crippen LogP contribution in [0.25, 0.3) is 0 Å². The predicted octanol–water partition coefficient (Wildman–Crippen LogP) is 3.38. The topological polar surface area (TPSA) is 45.2 Å². The van der Waals surface area contributed by atoms with Crippen molar-refractivity contribution in [2.24, 2.45) is 0 Å². The van der Waals surface area contributed by atoms with Crippen molar-refractivity contribution in [1.29, 1.82) is 0 Å². The van der Waals surface area contributed by atoms with Crippen LogP contribution in [-0.4, -0.2) is 30.0 Å². The summed E-state index contributed by atoms with van der Waals surface area (Å²) in [5, 5.41) is 3.14. The van der Waals surface area contributed by atoms with Gasteiger partial charge in [0.05, 0.1) is 0 Å². The van der Waals surface area contributed by atoms with E-state index < -0.39 is 0 Å². The second kappa shape index (κ2) is 8.01. The first-order valence-electron chi connectivity index (χ1n) is 8.26. The van der Waals surface area contributed by atoms with Gasteiger partial charge in [0.2, 0.25) is 0 Å². The van der Waals surface area contributed by atoms with Gasteiger partial charge < -0.3 is 10.2 Å². The lowest BCUT2D eigenvalue weighted by Crippen LogP contribution is -2.33. The molecule has 1 heterocycles. The van der Waals surface area contributed by atoms with Gasteiger partial charge in [-0.05, 0) is 37.8 Å². The molecule has 0 bridgehead atoms. The van der Waals surface area contributed by atoms with Crippen LogP contribution in [0.2, 0.25) is 0 Å². The summed E-state index contributed by atoms with van der Waals surface area (Å²) in [4.78, 5) is 19.0. The van der Waals surface area contributed by atoms with Crippen molar-refractivity contribution in [2.75, 3.05) is 18.0 Å². The van der Waals surface area contributed by atoms with Crippen molar-refractivity contribution in [3.63, 3.8) is 0 Å². The molecule has 1 saturated carbocycles. The third-order valence-electron chi connectivity index (χ3n) is 4.01. The molecule has 1 fully saturated rings. The van der Waals surface area contributed by atoms with Gasteiger partial charge in [-0.3, -0.25) is 4.79 Å². The molecule has 2 rings (SSSR count). The molecular formula is C17H27N3O. The highest BCUT2D eigenvalue weighted by Crippen LogP contribution is 2.19. The maximum atomic E-state index is 12.3. The molecule has 1 aliphatic carbocycles. The summed E-state index contributed by atoms with van der Waals surface area (Å²) < 4.78 is 0. The van der Waals surface area contributed by atoms with Gasteiger partial charge in [0.25, 0.3) is 5.91 Å². The third-order valence-corrected chi connectivity index (χ3v) is 4.01. The number of carbonyl (C=O) groups is 1. The SMILES string of the molecule is CCCN(CCC)c1cc(C(=O)NC2CCCC2)ccn1. The number of aromatic nitrogens is 1.